The number of benzene rings is 2. The number of hydrogen-bond acceptors (Lipinski definition) is 6. The lowest BCUT2D eigenvalue weighted by Gasteiger charge is -2.31. The molecule has 0 saturated carbocycles. The van der Waals surface area contributed by atoms with Gasteiger partial charge in [0.2, 0.25) is 5.13 Å². The number of nitrogens with one attached hydrogen (secondary N) is 1. The molecule has 1 aliphatic heterocycles. The number of anilines is 1. The second kappa shape index (κ2) is 9.87. The van der Waals surface area contributed by atoms with Crippen molar-refractivity contribution in [2.75, 3.05) is 31.6 Å². The second-order valence-corrected chi connectivity index (χ2v) is 8.40. The van der Waals surface area contributed by atoms with Gasteiger partial charge < -0.3 is 15.0 Å². The highest BCUT2D eigenvalue weighted by Gasteiger charge is 2.22. The molecular weight excluding hydrogens is 415 g/mol. The minimum atomic E-state index is -0.238. The molecule has 0 bridgehead atoms. The molecule has 4 rings (SSSR count). The fourth-order valence-corrected chi connectivity index (χ4v) is 4.40. The van der Waals surface area contributed by atoms with E-state index in [1.54, 1.807) is 31.4 Å². The first-order chi connectivity index (χ1) is 15.1. The fraction of sp³-hybridized carbons (Fsp3) is 0.348. The fourth-order valence-electron chi connectivity index (χ4n) is 3.66. The van der Waals surface area contributed by atoms with E-state index in [0.717, 1.165) is 42.5 Å². The SMILES string of the molecule is COc1cccc(C(=O)NCC2CCN(c3nc(Cc4ccc(F)cc4)ns3)CC2)c1. The Kier molecular flexibility index (Phi) is 6.76. The Hall–Kier alpha value is -3.00. The van der Waals surface area contributed by atoms with Gasteiger partial charge in [0.05, 0.1) is 7.11 Å². The highest BCUT2D eigenvalue weighted by Crippen LogP contribution is 2.25. The summed E-state index contributed by atoms with van der Waals surface area (Å²) in [4.78, 5) is 19.3. The molecule has 1 aliphatic rings. The molecule has 1 N–H and O–H groups in total. The molecule has 8 heteroatoms. The molecule has 1 saturated heterocycles. The van der Waals surface area contributed by atoms with Gasteiger partial charge in [0.25, 0.3) is 5.91 Å². The monoisotopic (exact) mass is 440 g/mol. The highest BCUT2D eigenvalue weighted by molar-refractivity contribution is 7.09. The van der Waals surface area contributed by atoms with Crippen LogP contribution in [0, 0.1) is 11.7 Å². The second-order valence-electron chi connectivity index (χ2n) is 7.67. The van der Waals surface area contributed by atoms with Crippen molar-refractivity contribution < 1.29 is 13.9 Å². The number of ether oxygens (including phenoxy) is 1. The first-order valence-corrected chi connectivity index (χ1v) is 11.1. The van der Waals surface area contributed by atoms with E-state index in [0.29, 0.717) is 30.2 Å². The van der Waals surface area contributed by atoms with Crippen LogP contribution in [0.4, 0.5) is 9.52 Å². The molecule has 0 aliphatic carbocycles. The van der Waals surface area contributed by atoms with Crippen LogP contribution < -0.4 is 15.0 Å². The number of halogens is 1. The van der Waals surface area contributed by atoms with Crippen LogP contribution in [0.2, 0.25) is 0 Å². The average Bonchev–Trinajstić information content (AvgIpc) is 3.28. The van der Waals surface area contributed by atoms with Gasteiger partial charge >= 0.3 is 0 Å². The number of nitrogens with zero attached hydrogens (tertiary/aromatic N) is 3. The lowest BCUT2D eigenvalue weighted by molar-refractivity contribution is 0.0944. The molecule has 1 aromatic heterocycles. The van der Waals surface area contributed by atoms with Crippen molar-refractivity contribution in [3.8, 4) is 5.75 Å². The topological polar surface area (TPSA) is 67.3 Å². The summed E-state index contributed by atoms with van der Waals surface area (Å²) in [6.07, 6.45) is 2.58. The standard InChI is InChI=1S/C23H25FN4O2S/c1-30-20-4-2-3-18(14-20)22(29)25-15-17-9-11-28(12-10-17)23-26-21(27-31-23)13-16-5-7-19(24)8-6-16/h2-8,14,17H,9-13,15H2,1H3,(H,25,29). The summed E-state index contributed by atoms with van der Waals surface area (Å²) < 4.78 is 22.7. The van der Waals surface area contributed by atoms with E-state index in [4.69, 9.17) is 4.74 Å². The minimum Gasteiger partial charge on any atom is -0.497 e. The molecule has 1 fully saturated rings. The summed E-state index contributed by atoms with van der Waals surface area (Å²) in [6, 6.07) is 13.6. The third-order valence-electron chi connectivity index (χ3n) is 5.50. The lowest BCUT2D eigenvalue weighted by atomic mass is 9.97. The van der Waals surface area contributed by atoms with Crippen LogP contribution in [0.15, 0.2) is 48.5 Å². The van der Waals surface area contributed by atoms with Gasteiger partial charge in [-0.3, -0.25) is 4.79 Å². The molecule has 2 heterocycles. The Balaban J connectivity index is 1.24. The number of carbonyl (C=O) groups is 1. The van der Waals surface area contributed by atoms with E-state index in [-0.39, 0.29) is 11.7 Å². The van der Waals surface area contributed by atoms with Crippen molar-refractivity contribution in [3.05, 3.63) is 71.3 Å². The molecule has 0 atom stereocenters. The maximum absolute atomic E-state index is 13.1. The maximum Gasteiger partial charge on any atom is 0.251 e. The predicted octanol–water partition coefficient (Wildman–Crippen LogP) is 3.92. The summed E-state index contributed by atoms with van der Waals surface area (Å²) in [6.45, 7) is 2.45. The Labute approximate surface area is 185 Å². The van der Waals surface area contributed by atoms with Crippen LogP contribution in [-0.4, -0.2) is 42.0 Å². The Morgan fingerprint density at radius 2 is 2.00 bits per heavy atom. The molecule has 0 spiro atoms. The lowest BCUT2D eigenvalue weighted by Crippen LogP contribution is -2.38. The minimum absolute atomic E-state index is 0.0733. The summed E-state index contributed by atoms with van der Waals surface area (Å²) in [5, 5.41) is 3.97. The molecule has 0 unspecified atom stereocenters. The maximum atomic E-state index is 13.1. The van der Waals surface area contributed by atoms with Crippen LogP contribution >= 0.6 is 11.5 Å². The zero-order valence-corrected chi connectivity index (χ0v) is 18.2. The van der Waals surface area contributed by atoms with Crippen LogP contribution in [0.1, 0.15) is 34.6 Å². The van der Waals surface area contributed by atoms with Crippen LogP contribution in [0.3, 0.4) is 0 Å². The van der Waals surface area contributed by atoms with Crippen molar-refractivity contribution in [1.29, 1.82) is 0 Å². The van der Waals surface area contributed by atoms with Crippen molar-refractivity contribution in [3.63, 3.8) is 0 Å². The summed E-state index contributed by atoms with van der Waals surface area (Å²) in [5.74, 6) is 1.57. The highest BCUT2D eigenvalue weighted by atomic mass is 32.1. The predicted molar refractivity (Wildman–Crippen MR) is 119 cm³/mol. The van der Waals surface area contributed by atoms with Gasteiger partial charge in [-0.1, -0.05) is 18.2 Å². The Bertz CT molecular complexity index is 1020. The number of aromatic nitrogens is 2. The number of methoxy groups -OCH3 is 1. The number of amides is 1. The smallest absolute Gasteiger partial charge is 0.251 e. The largest absolute Gasteiger partial charge is 0.497 e. The van der Waals surface area contributed by atoms with E-state index in [1.165, 1.54) is 23.7 Å². The number of hydrogen-bond donors (Lipinski definition) is 1. The van der Waals surface area contributed by atoms with E-state index in [2.05, 4.69) is 19.6 Å². The third kappa shape index (κ3) is 5.58. The van der Waals surface area contributed by atoms with Crippen molar-refractivity contribution >= 4 is 22.6 Å². The van der Waals surface area contributed by atoms with Crippen LogP contribution in [0.5, 0.6) is 5.75 Å². The van der Waals surface area contributed by atoms with Gasteiger partial charge in [-0.25, -0.2) is 9.37 Å². The third-order valence-corrected chi connectivity index (χ3v) is 6.32. The molecule has 2 aromatic carbocycles. The zero-order chi connectivity index (χ0) is 21.6. The number of rotatable bonds is 7. The van der Waals surface area contributed by atoms with Gasteiger partial charge in [0, 0.05) is 43.2 Å². The quantitative estimate of drug-likeness (QED) is 0.603. The van der Waals surface area contributed by atoms with Crippen molar-refractivity contribution in [2.24, 2.45) is 5.92 Å². The summed E-state index contributed by atoms with van der Waals surface area (Å²) in [5.41, 5.74) is 1.61. The molecule has 162 valence electrons. The molecule has 0 radical (unpaired) electrons. The normalized spacial score (nSPS) is 14.5. The molecule has 6 nitrogen and oxygen atoms in total. The van der Waals surface area contributed by atoms with Gasteiger partial charge in [0.1, 0.15) is 17.4 Å². The zero-order valence-electron chi connectivity index (χ0n) is 17.4. The average molecular weight is 441 g/mol. The van der Waals surface area contributed by atoms with Gasteiger partial charge in [0.15, 0.2) is 0 Å². The van der Waals surface area contributed by atoms with E-state index >= 15 is 0 Å². The number of piperidine rings is 1. The van der Waals surface area contributed by atoms with Crippen LogP contribution in [0.25, 0.3) is 0 Å². The molecule has 3 aromatic rings. The van der Waals surface area contributed by atoms with Gasteiger partial charge in [-0.15, -0.1) is 0 Å². The summed E-state index contributed by atoms with van der Waals surface area (Å²) in [7, 11) is 1.59. The Morgan fingerprint density at radius 3 is 2.74 bits per heavy atom. The first kappa shape index (κ1) is 21.2. The molecular formula is C23H25FN4O2S. The summed E-state index contributed by atoms with van der Waals surface area (Å²) >= 11 is 1.41. The van der Waals surface area contributed by atoms with Gasteiger partial charge in [-0.2, -0.15) is 4.37 Å². The van der Waals surface area contributed by atoms with E-state index < -0.39 is 0 Å². The Morgan fingerprint density at radius 1 is 1.23 bits per heavy atom. The number of carbonyl (C=O) groups excluding carboxylic acids is 1. The van der Waals surface area contributed by atoms with Crippen molar-refractivity contribution in [2.45, 2.75) is 19.3 Å². The first-order valence-electron chi connectivity index (χ1n) is 10.3. The van der Waals surface area contributed by atoms with Crippen molar-refractivity contribution in [1.82, 2.24) is 14.7 Å². The molecule has 1 amide bonds. The van der Waals surface area contributed by atoms with E-state index in [9.17, 15) is 9.18 Å². The van der Waals surface area contributed by atoms with Gasteiger partial charge in [-0.05, 0) is 54.7 Å². The van der Waals surface area contributed by atoms with Crippen LogP contribution in [-0.2, 0) is 6.42 Å². The van der Waals surface area contributed by atoms with E-state index in [1.807, 2.05) is 12.1 Å². The molecule has 31 heavy (non-hydrogen) atoms.